The lowest BCUT2D eigenvalue weighted by molar-refractivity contribution is -0.119. The summed E-state index contributed by atoms with van der Waals surface area (Å²) in [6, 6.07) is 9.92. The molecule has 0 saturated heterocycles. The van der Waals surface area contributed by atoms with Crippen LogP contribution in [0.1, 0.15) is 20.3 Å². The van der Waals surface area contributed by atoms with Crippen LogP contribution in [0.2, 0.25) is 0 Å². The molecule has 2 rings (SSSR count). The number of carbonyl (C=O) groups excluding carboxylic acids is 1. The van der Waals surface area contributed by atoms with Gasteiger partial charge in [0.05, 0.1) is 11.2 Å². The molecule has 5 heteroatoms. The zero-order valence-corrected chi connectivity index (χ0v) is 11.8. The highest BCUT2D eigenvalue weighted by Gasteiger charge is 2.26. The molecule has 0 saturated carbocycles. The molecule has 1 aromatic heterocycles. The van der Waals surface area contributed by atoms with Crippen molar-refractivity contribution in [2.24, 2.45) is 5.73 Å². The van der Waals surface area contributed by atoms with Crippen LogP contribution >= 0.6 is 12.2 Å². The van der Waals surface area contributed by atoms with E-state index in [2.05, 4.69) is 4.98 Å². The molecule has 2 aromatic rings. The van der Waals surface area contributed by atoms with Crippen molar-refractivity contribution in [3.63, 3.8) is 0 Å². The van der Waals surface area contributed by atoms with Crippen molar-refractivity contribution >= 4 is 18.1 Å². The highest BCUT2D eigenvalue weighted by molar-refractivity contribution is 7.71. The summed E-state index contributed by atoms with van der Waals surface area (Å²) in [5.74, 6) is -0.341. The Morgan fingerprint density at radius 1 is 1.37 bits per heavy atom. The maximum atomic E-state index is 11.2. The summed E-state index contributed by atoms with van der Waals surface area (Å²) in [5, 5.41) is 0. The van der Waals surface area contributed by atoms with Crippen LogP contribution in [0.15, 0.2) is 36.5 Å². The van der Waals surface area contributed by atoms with E-state index >= 15 is 0 Å². The summed E-state index contributed by atoms with van der Waals surface area (Å²) in [7, 11) is 0. The lowest BCUT2D eigenvalue weighted by Gasteiger charge is -2.27. The fourth-order valence-electron chi connectivity index (χ4n) is 2.30. The van der Waals surface area contributed by atoms with Crippen molar-refractivity contribution in [1.82, 2.24) is 9.55 Å². The van der Waals surface area contributed by atoms with E-state index in [1.807, 2.05) is 54.9 Å². The quantitative estimate of drug-likeness (QED) is 0.843. The summed E-state index contributed by atoms with van der Waals surface area (Å²) >= 11 is 5.33. The number of benzene rings is 1. The van der Waals surface area contributed by atoms with Gasteiger partial charge in [0.2, 0.25) is 5.91 Å². The van der Waals surface area contributed by atoms with Crippen molar-refractivity contribution in [2.75, 3.05) is 0 Å². The van der Waals surface area contributed by atoms with E-state index in [1.165, 1.54) is 0 Å². The lowest BCUT2D eigenvalue weighted by Crippen LogP contribution is -2.32. The van der Waals surface area contributed by atoms with Crippen molar-refractivity contribution in [1.29, 1.82) is 0 Å². The lowest BCUT2D eigenvalue weighted by atomic mass is 9.98. The number of nitrogens with two attached hydrogens (primary N) is 1. The third-order valence-corrected chi connectivity index (χ3v) is 3.36. The molecule has 0 spiro atoms. The predicted molar refractivity (Wildman–Crippen MR) is 78.2 cm³/mol. The van der Waals surface area contributed by atoms with Gasteiger partial charge in [0.1, 0.15) is 0 Å². The summed E-state index contributed by atoms with van der Waals surface area (Å²) in [6.07, 6.45) is 2.10. The van der Waals surface area contributed by atoms with Gasteiger partial charge in [-0.05, 0) is 31.6 Å². The molecular weight excluding hydrogens is 258 g/mol. The minimum Gasteiger partial charge on any atom is -0.370 e. The molecule has 4 nitrogen and oxygen atoms in total. The van der Waals surface area contributed by atoms with Gasteiger partial charge in [0.25, 0.3) is 0 Å². The van der Waals surface area contributed by atoms with Crippen molar-refractivity contribution in [3.05, 3.63) is 41.3 Å². The van der Waals surface area contributed by atoms with Gasteiger partial charge in [-0.2, -0.15) is 0 Å². The standard InChI is InChI=1S/C14H17N3OS/c1-14(2,8-12(15)18)17-11(9-16-13(17)19)10-6-4-3-5-7-10/h3-7,9H,8H2,1-2H3,(H2,15,18)(H,16,19). The highest BCUT2D eigenvalue weighted by Crippen LogP contribution is 2.28. The Balaban J connectivity index is 2.56. The van der Waals surface area contributed by atoms with Gasteiger partial charge < -0.3 is 15.3 Å². The first kappa shape index (κ1) is 13.5. The second-order valence-electron chi connectivity index (χ2n) is 5.14. The van der Waals surface area contributed by atoms with Gasteiger partial charge in [-0.25, -0.2) is 0 Å². The summed E-state index contributed by atoms with van der Waals surface area (Å²) in [6.45, 7) is 3.90. The predicted octanol–water partition coefficient (Wildman–Crippen LogP) is 2.82. The SMILES string of the molecule is CC(C)(CC(N)=O)n1c(-c2ccccc2)c[nH]c1=S. The van der Waals surface area contributed by atoms with Crippen LogP contribution in [-0.4, -0.2) is 15.5 Å². The number of imidazole rings is 1. The van der Waals surface area contributed by atoms with E-state index in [4.69, 9.17) is 18.0 Å². The van der Waals surface area contributed by atoms with Crippen LogP contribution < -0.4 is 5.73 Å². The number of hydrogen-bond acceptors (Lipinski definition) is 2. The molecule has 0 aliphatic heterocycles. The number of rotatable bonds is 4. The second-order valence-corrected chi connectivity index (χ2v) is 5.52. The summed E-state index contributed by atoms with van der Waals surface area (Å²) in [4.78, 5) is 14.3. The van der Waals surface area contributed by atoms with Gasteiger partial charge in [0.15, 0.2) is 4.77 Å². The van der Waals surface area contributed by atoms with Gasteiger partial charge in [-0.15, -0.1) is 0 Å². The molecule has 0 bridgehead atoms. The molecule has 0 aliphatic carbocycles. The molecule has 19 heavy (non-hydrogen) atoms. The number of hydrogen-bond donors (Lipinski definition) is 2. The molecule has 0 fully saturated rings. The van der Waals surface area contributed by atoms with Crippen LogP contribution in [-0.2, 0) is 10.3 Å². The van der Waals surface area contributed by atoms with Crippen LogP contribution in [0, 0.1) is 4.77 Å². The number of nitrogens with zero attached hydrogens (tertiary/aromatic N) is 1. The molecule has 0 aliphatic rings. The fourth-order valence-corrected chi connectivity index (χ4v) is 2.70. The molecule has 0 unspecified atom stereocenters. The van der Waals surface area contributed by atoms with E-state index in [0.717, 1.165) is 11.3 Å². The zero-order valence-electron chi connectivity index (χ0n) is 11.0. The third-order valence-electron chi connectivity index (χ3n) is 3.06. The maximum absolute atomic E-state index is 11.2. The number of carbonyl (C=O) groups is 1. The van der Waals surface area contributed by atoms with E-state index in [9.17, 15) is 4.79 Å². The van der Waals surface area contributed by atoms with Crippen LogP contribution in [0.5, 0.6) is 0 Å². The van der Waals surface area contributed by atoms with Crippen LogP contribution in [0.4, 0.5) is 0 Å². The van der Waals surface area contributed by atoms with Crippen molar-refractivity contribution in [3.8, 4) is 11.3 Å². The Kier molecular flexibility index (Phi) is 3.57. The number of aromatic amines is 1. The normalized spacial score (nSPS) is 11.5. The number of H-pyrrole nitrogens is 1. The smallest absolute Gasteiger partial charge is 0.219 e. The first-order valence-electron chi connectivity index (χ1n) is 6.06. The Morgan fingerprint density at radius 2 is 2.00 bits per heavy atom. The van der Waals surface area contributed by atoms with E-state index in [0.29, 0.717) is 4.77 Å². The minimum absolute atomic E-state index is 0.235. The number of aromatic nitrogens is 2. The van der Waals surface area contributed by atoms with Gasteiger partial charge in [-0.3, -0.25) is 4.79 Å². The average molecular weight is 275 g/mol. The number of primary amides is 1. The molecule has 100 valence electrons. The topological polar surface area (TPSA) is 63.8 Å². The van der Waals surface area contributed by atoms with E-state index in [1.54, 1.807) is 0 Å². The molecule has 0 atom stereocenters. The molecular formula is C14H17N3OS. The Hall–Kier alpha value is -1.88. The Morgan fingerprint density at radius 3 is 2.58 bits per heavy atom. The maximum Gasteiger partial charge on any atom is 0.219 e. The van der Waals surface area contributed by atoms with Gasteiger partial charge in [0, 0.05) is 12.6 Å². The molecule has 0 radical (unpaired) electrons. The fraction of sp³-hybridized carbons (Fsp3) is 0.286. The number of amides is 1. The third kappa shape index (κ3) is 2.76. The van der Waals surface area contributed by atoms with Crippen LogP contribution in [0.3, 0.4) is 0 Å². The molecule has 1 amide bonds. The molecule has 1 aromatic carbocycles. The molecule has 1 heterocycles. The van der Waals surface area contributed by atoms with Gasteiger partial charge >= 0.3 is 0 Å². The zero-order chi connectivity index (χ0) is 14.0. The van der Waals surface area contributed by atoms with Crippen molar-refractivity contribution in [2.45, 2.75) is 25.8 Å². The second kappa shape index (κ2) is 5.01. The molecule has 3 N–H and O–H groups in total. The summed E-state index contributed by atoms with van der Waals surface area (Å²) < 4.78 is 2.53. The van der Waals surface area contributed by atoms with E-state index in [-0.39, 0.29) is 12.3 Å². The Labute approximate surface area is 117 Å². The van der Waals surface area contributed by atoms with Crippen molar-refractivity contribution < 1.29 is 4.79 Å². The first-order chi connectivity index (χ1) is 8.92. The number of nitrogens with one attached hydrogen (secondary N) is 1. The van der Waals surface area contributed by atoms with Gasteiger partial charge in [-0.1, -0.05) is 30.3 Å². The van der Waals surface area contributed by atoms with Crippen LogP contribution in [0.25, 0.3) is 11.3 Å². The van der Waals surface area contributed by atoms with E-state index < -0.39 is 5.54 Å². The average Bonchev–Trinajstić information content (AvgIpc) is 2.71. The monoisotopic (exact) mass is 275 g/mol. The minimum atomic E-state index is -0.464. The first-order valence-corrected chi connectivity index (χ1v) is 6.47. The highest BCUT2D eigenvalue weighted by atomic mass is 32.1. The Bertz CT molecular complexity index is 640. The summed E-state index contributed by atoms with van der Waals surface area (Å²) in [5.41, 5.74) is 6.87. The largest absolute Gasteiger partial charge is 0.370 e.